The van der Waals surface area contributed by atoms with E-state index in [-0.39, 0.29) is 0 Å². The van der Waals surface area contributed by atoms with Crippen LogP contribution in [0.5, 0.6) is 0 Å². The van der Waals surface area contributed by atoms with Gasteiger partial charge in [0.1, 0.15) is 11.2 Å². The van der Waals surface area contributed by atoms with Crippen LogP contribution in [-0.2, 0) is 0 Å². The van der Waals surface area contributed by atoms with Crippen molar-refractivity contribution in [1.82, 2.24) is 0 Å². The van der Waals surface area contributed by atoms with Crippen molar-refractivity contribution in [1.29, 1.82) is 0 Å². The fourth-order valence-corrected chi connectivity index (χ4v) is 10.2. The van der Waals surface area contributed by atoms with Gasteiger partial charge in [-0.1, -0.05) is 200 Å². The molecule has 13 aromatic rings. The molecule has 0 fully saturated rings. The molecular formula is C64H41NO. The van der Waals surface area contributed by atoms with Crippen molar-refractivity contribution in [3.05, 3.63) is 249 Å². The van der Waals surface area contributed by atoms with Crippen molar-refractivity contribution in [3.8, 4) is 44.5 Å². The summed E-state index contributed by atoms with van der Waals surface area (Å²) in [7, 11) is 0. The second-order valence-corrected chi connectivity index (χ2v) is 17.2. The van der Waals surface area contributed by atoms with Crippen LogP contribution in [0.4, 0.5) is 17.1 Å². The Morgan fingerprint density at radius 1 is 0.273 bits per heavy atom. The number of furan rings is 1. The highest BCUT2D eigenvalue weighted by atomic mass is 16.3. The Morgan fingerprint density at radius 2 is 0.803 bits per heavy atom. The Kier molecular flexibility index (Phi) is 8.89. The highest BCUT2D eigenvalue weighted by Crippen LogP contribution is 2.46. The quantitative estimate of drug-likeness (QED) is 0.149. The van der Waals surface area contributed by atoms with Gasteiger partial charge in [-0.3, -0.25) is 0 Å². The Hall–Kier alpha value is -8.72. The highest BCUT2D eigenvalue weighted by molar-refractivity contribution is 6.19. The standard InChI is InChI=1S/C64H41NO/c1-2-12-44(13-3-1)57-38-32-50(55-21-10-17-43-14-4-7-18-53(43)55)41-61(57)65(51-33-26-42(27-34-51)48-31-37-56-49(40-48)25-24-45-15-5-8-19-54(45)56)52-35-28-47(29-36-52)58-22-11-23-62-63(58)60-39-30-46-16-6-9-20-59(46)64(60)66-62/h1-41H. The zero-order valence-electron chi connectivity index (χ0n) is 36.0. The zero-order valence-corrected chi connectivity index (χ0v) is 36.0. The van der Waals surface area contributed by atoms with Gasteiger partial charge in [0.25, 0.3) is 0 Å². The third kappa shape index (κ3) is 6.34. The normalized spacial score (nSPS) is 11.6. The second kappa shape index (κ2) is 15.5. The molecule has 2 heteroatoms. The maximum absolute atomic E-state index is 6.61. The van der Waals surface area contributed by atoms with Gasteiger partial charge in [-0.25, -0.2) is 0 Å². The molecule has 0 saturated heterocycles. The zero-order chi connectivity index (χ0) is 43.6. The van der Waals surface area contributed by atoms with Gasteiger partial charge in [0.05, 0.1) is 5.69 Å². The molecule has 0 saturated carbocycles. The Morgan fingerprint density at radius 3 is 1.59 bits per heavy atom. The molecule has 12 aromatic carbocycles. The minimum atomic E-state index is 0.891. The molecule has 0 aliphatic heterocycles. The molecule has 2 nitrogen and oxygen atoms in total. The van der Waals surface area contributed by atoms with E-state index >= 15 is 0 Å². The smallest absolute Gasteiger partial charge is 0.143 e. The van der Waals surface area contributed by atoms with E-state index in [0.717, 1.165) is 72.2 Å². The molecule has 308 valence electrons. The molecule has 0 atom stereocenters. The molecule has 0 radical (unpaired) electrons. The van der Waals surface area contributed by atoms with Gasteiger partial charge >= 0.3 is 0 Å². The first-order valence-electron chi connectivity index (χ1n) is 22.7. The van der Waals surface area contributed by atoms with Crippen LogP contribution < -0.4 is 4.90 Å². The summed E-state index contributed by atoms with van der Waals surface area (Å²) < 4.78 is 6.61. The lowest BCUT2D eigenvalue weighted by Crippen LogP contribution is -2.11. The van der Waals surface area contributed by atoms with Gasteiger partial charge in [0, 0.05) is 33.1 Å². The Balaban J connectivity index is 0.978. The average Bonchev–Trinajstić information content (AvgIpc) is 3.79. The van der Waals surface area contributed by atoms with E-state index in [1.807, 2.05) is 0 Å². The molecule has 0 unspecified atom stereocenters. The van der Waals surface area contributed by atoms with Crippen LogP contribution >= 0.6 is 0 Å². The van der Waals surface area contributed by atoms with E-state index < -0.39 is 0 Å². The molecule has 13 rings (SSSR count). The molecule has 0 bridgehead atoms. The van der Waals surface area contributed by atoms with E-state index in [0.29, 0.717) is 0 Å². The minimum absolute atomic E-state index is 0.891. The second-order valence-electron chi connectivity index (χ2n) is 17.2. The van der Waals surface area contributed by atoms with Crippen LogP contribution in [0.1, 0.15) is 0 Å². The van der Waals surface area contributed by atoms with Crippen molar-refractivity contribution in [2.75, 3.05) is 4.90 Å². The molecular weight excluding hydrogens is 799 g/mol. The maximum Gasteiger partial charge on any atom is 0.143 e. The largest absolute Gasteiger partial charge is 0.455 e. The molecule has 1 heterocycles. The topological polar surface area (TPSA) is 16.4 Å². The number of rotatable bonds is 7. The van der Waals surface area contributed by atoms with Gasteiger partial charge in [-0.15, -0.1) is 0 Å². The molecule has 0 aliphatic carbocycles. The molecule has 1 aromatic heterocycles. The van der Waals surface area contributed by atoms with Crippen LogP contribution in [0.25, 0.3) is 110 Å². The fourth-order valence-electron chi connectivity index (χ4n) is 10.2. The number of fused-ring (bicyclic) bond motifs is 9. The molecule has 0 amide bonds. The third-order valence-corrected chi connectivity index (χ3v) is 13.5. The Bertz CT molecular complexity index is 3970. The molecule has 0 aliphatic rings. The SMILES string of the molecule is c1ccc(-c2ccc(-c3cccc4ccccc34)cc2N(c2ccc(-c3ccc4c(ccc5ccccc54)c3)cc2)c2ccc(-c3cccc4oc5c6ccccc6ccc5c34)cc2)cc1. The number of nitrogens with zero attached hydrogens (tertiary/aromatic N) is 1. The van der Waals surface area contributed by atoms with Crippen LogP contribution in [0.2, 0.25) is 0 Å². The van der Waals surface area contributed by atoms with Crippen LogP contribution in [-0.4, -0.2) is 0 Å². The number of hydrogen-bond donors (Lipinski definition) is 0. The van der Waals surface area contributed by atoms with E-state index in [9.17, 15) is 0 Å². The molecule has 0 N–H and O–H groups in total. The predicted molar refractivity (Wildman–Crippen MR) is 280 cm³/mol. The maximum atomic E-state index is 6.61. The van der Waals surface area contributed by atoms with Gasteiger partial charge in [-0.2, -0.15) is 0 Å². The van der Waals surface area contributed by atoms with Crippen molar-refractivity contribution < 1.29 is 4.42 Å². The summed E-state index contributed by atoms with van der Waals surface area (Å²) in [5, 5.41) is 12.1. The minimum Gasteiger partial charge on any atom is -0.455 e. The van der Waals surface area contributed by atoms with Gasteiger partial charge < -0.3 is 9.32 Å². The Labute approximate surface area is 382 Å². The molecule has 66 heavy (non-hydrogen) atoms. The lowest BCUT2D eigenvalue weighted by molar-refractivity contribution is 0.673. The van der Waals surface area contributed by atoms with Crippen LogP contribution in [0.15, 0.2) is 253 Å². The monoisotopic (exact) mass is 839 g/mol. The predicted octanol–water partition coefficient (Wildman–Crippen LogP) is 18.3. The summed E-state index contributed by atoms with van der Waals surface area (Å²) in [6, 6.07) is 90.4. The number of hydrogen-bond acceptors (Lipinski definition) is 2. The van der Waals surface area contributed by atoms with Crippen molar-refractivity contribution in [2.24, 2.45) is 0 Å². The summed E-state index contributed by atoms with van der Waals surface area (Å²) in [6.07, 6.45) is 0. The van der Waals surface area contributed by atoms with Gasteiger partial charge in [0.15, 0.2) is 0 Å². The summed E-state index contributed by atoms with van der Waals surface area (Å²) in [5.41, 5.74) is 14.4. The molecule has 0 spiro atoms. The first-order valence-corrected chi connectivity index (χ1v) is 22.7. The van der Waals surface area contributed by atoms with E-state index in [1.165, 1.54) is 54.4 Å². The number of benzene rings is 12. The summed E-state index contributed by atoms with van der Waals surface area (Å²) in [5.74, 6) is 0. The van der Waals surface area contributed by atoms with Crippen LogP contribution in [0, 0.1) is 0 Å². The van der Waals surface area contributed by atoms with Crippen LogP contribution in [0.3, 0.4) is 0 Å². The van der Waals surface area contributed by atoms with Gasteiger partial charge in [0.2, 0.25) is 0 Å². The number of anilines is 3. The van der Waals surface area contributed by atoms with Crippen molar-refractivity contribution in [3.63, 3.8) is 0 Å². The summed E-state index contributed by atoms with van der Waals surface area (Å²) >= 11 is 0. The lowest BCUT2D eigenvalue weighted by Gasteiger charge is -2.29. The third-order valence-electron chi connectivity index (χ3n) is 13.5. The first-order chi connectivity index (χ1) is 32.7. The fraction of sp³-hybridized carbons (Fsp3) is 0. The first kappa shape index (κ1) is 37.8. The summed E-state index contributed by atoms with van der Waals surface area (Å²) in [6.45, 7) is 0. The summed E-state index contributed by atoms with van der Waals surface area (Å²) in [4.78, 5) is 2.43. The van der Waals surface area contributed by atoms with E-state index in [1.54, 1.807) is 0 Å². The van der Waals surface area contributed by atoms with E-state index in [4.69, 9.17) is 4.42 Å². The van der Waals surface area contributed by atoms with Gasteiger partial charge in [-0.05, 0) is 125 Å². The average molecular weight is 840 g/mol. The van der Waals surface area contributed by atoms with Crippen molar-refractivity contribution in [2.45, 2.75) is 0 Å². The highest BCUT2D eigenvalue weighted by Gasteiger charge is 2.21. The lowest BCUT2D eigenvalue weighted by atomic mass is 9.93. The van der Waals surface area contributed by atoms with Crippen molar-refractivity contribution >= 4 is 82.1 Å². The van der Waals surface area contributed by atoms with E-state index in [2.05, 4.69) is 254 Å².